The molecule has 0 heterocycles. The Morgan fingerprint density at radius 3 is 2.11 bits per heavy atom. The van der Waals surface area contributed by atoms with Crippen LogP contribution in [0.4, 0.5) is 10.1 Å². The Bertz CT molecular complexity index is 1300. The number of hydrogen-bond acceptors (Lipinski definition) is 4. The van der Waals surface area contributed by atoms with E-state index in [4.69, 9.17) is 0 Å². The maximum absolute atomic E-state index is 13.8. The van der Waals surface area contributed by atoms with Crippen molar-refractivity contribution in [3.8, 4) is 0 Å². The third-order valence-corrected chi connectivity index (χ3v) is 7.72. The number of likely N-dealkylation sites (N-methyl/N-ethyl adjacent to an activating group) is 1. The van der Waals surface area contributed by atoms with E-state index in [-0.39, 0.29) is 23.0 Å². The van der Waals surface area contributed by atoms with Gasteiger partial charge in [-0.25, -0.2) is 12.8 Å². The second kappa shape index (κ2) is 12.5. The molecule has 0 unspecified atom stereocenters. The van der Waals surface area contributed by atoms with Crippen LogP contribution in [-0.2, 0) is 26.2 Å². The third-order valence-electron chi connectivity index (χ3n) is 5.94. The quantitative estimate of drug-likeness (QED) is 0.405. The van der Waals surface area contributed by atoms with Crippen molar-refractivity contribution in [1.29, 1.82) is 0 Å². The smallest absolute Gasteiger partial charge is 0.264 e. The highest BCUT2D eigenvalue weighted by Gasteiger charge is 2.33. The van der Waals surface area contributed by atoms with Gasteiger partial charge in [-0.3, -0.25) is 13.9 Å². The highest BCUT2D eigenvalue weighted by Crippen LogP contribution is 2.25. The summed E-state index contributed by atoms with van der Waals surface area (Å²) < 4.78 is 41.8. The molecule has 0 aliphatic carbocycles. The Labute approximate surface area is 218 Å². The summed E-state index contributed by atoms with van der Waals surface area (Å²) in [6.07, 6.45) is 0.347. The maximum atomic E-state index is 13.8. The number of sulfonamides is 1. The van der Waals surface area contributed by atoms with Gasteiger partial charge in [0.1, 0.15) is 18.4 Å². The standard InChI is InChI=1S/C28H32FN3O4S/c1-4-26(28(34)30-5-2)31(19-22-13-11-21(3)12-14-22)27(33)20-32(24-9-7-6-8-10-24)37(35,36)25-17-15-23(29)16-18-25/h6-18,26H,4-5,19-20H2,1-3H3,(H,30,34)/t26-/m1/s1. The van der Waals surface area contributed by atoms with E-state index in [2.05, 4.69) is 5.32 Å². The van der Waals surface area contributed by atoms with E-state index in [0.29, 0.717) is 13.0 Å². The molecular formula is C28H32FN3O4S. The molecule has 3 rings (SSSR count). The molecule has 9 heteroatoms. The predicted molar refractivity (Wildman–Crippen MR) is 142 cm³/mol. The molecule has 0 fully saturated rings. The second-order valence-corrected chi connectivity index (χ2v) is 10.5. The lowest BCUT2D eigenvalue weighted by Gasteiger charge is -2.33. The van der Waals surface area contributed by atoms with Crippen LogP contribution < -0.4 is 9.62 Å². The average molecular weight is 526 g/mol. The lowest BCUT2D eigenvalue weighted by atomic mass is 10.1. The van der Waals surface area contributed by atoms with Crippen LogP contribution in [0.1, 0.15) is 31.4 Å². The number of amides is 2. The Kier molecular flexibility index (Phi) is 9.41. The van der Waals surface area contributed by atoms with Gasteiger partial charge in [0.2, 0.25) is 11.8 Å². The Balaban J connectivity index is 2.02. The van der Waals surface area contributed by atoms with Crippen molar-refractivity contribution >= 4 is 27.5 Å². The van der Waals surface area contributed by atoms with Gasteiger partial charge < -0.3 is 10.2 Å². The van der Waals surface area contributed by atoms with Crippen molar-refractivity contribution in [2.45, 2.75) is 44.7 Å². The van der Waals surface area contributed by atoms with Crippen LogP contribution in [0, 0.1) is 12.7 Å². The predicted octanol–water partition coefficient (Wildman–Crippen LogP) is 4.27. The van der Waals surface area contributed by atoms with Crippen LogP contribution in [0.2, 0.25) is 0 Å². The number of aryl methyl sites for hydroxylation is 1. The molecule has 0 aromatic heterocycles. The highest BCUT2D eigenvalue weighted by atomic mass is 32.2. The number of nitrogens with zero attached hydrogens (tertiary/aromatic N) is 2. The number of carbonyl (C=O) groups is 2. The molecular weight excluding hydrogens is 493 g/mol. The summed E-state index contributed by atoms with van der Waals surface area (Å²) in [4.78, 5) is 28.0. The summed E-state index contributed by atoms with van der Waals surface area (Å²) in [7, 11) is -4.22. The minimum atomic E-state index is -4.22. The Hall–Kier alpha value is -3.72. The fourth-order valence-corrected chi connectivity index (χ4v) is 5.37. The largest absolute Gasteiger partial charge is 0.355 e. The molecule has 0 radical (unpaired) electrons. The van der Waals surface area contributed by atoms with E-state index in [1.54, 1.807) is 44.2 Å². The van der Waals surface area contributed by atoms with Gasteiger partial charge in [0.25, 0.3) is 10.0 Å². The van der Waals surface area contributed by atoms with Crippen molar-refractivity contribution in [1.82, 2.24) is 10.2 Å². The van der Waals surface area contributed by atoms with Crippen LogP contribution >= 0.6 is 0 Å². The van der Waals surface area contributed by atoms with E-state index in [1.807, 2.05) is 31.2 Å². The monoisotopic (exact) mass is 525 g/mol. The summed E-state index contributed by atoms with van der Waals surface area (Å²) in [6, 6.07) is 19.5. The van der Waals surface area contributed by atoms with Crippen LogP contribution in [0.3, 0.4) is 0 Å². The summed E-state index contributed by atoms with van der Waals surface area (Å²) >= 11 is 0. The molecule has 0 saturated carbocycles. The molecule has 3 aromatic carbocycles. The minimum absolute atomic E-state index is 0.133. The molecule has 2 amide bonds. The number of rotatable bonds is 11. The number of halogens is 1. The van der Waals surface area contributed by atoms with Gasteiger partial charge in [-0.05, 0) is 62.2 Å². The fourth-order valence-electron chi connectivity index (χ4n) is 3.96. The van der Waals surface area contributed by atoms with Crippen molar-refractivity contribution < 1.29 is 22.4 Å². The number of benzene rings is 3. The Morgan fingerprint density at radius 1 is 0.919 bits per heavy atom. The summed E-state index contributed by atoms with van der Waals surface area (Å²) in [5, 5.41) is 2.77. The first-order valence-corrected chi connectivity index (χ1v) is 13.6. The number of anilines is 1. The molecule has 0 aliphatic rings. The van der Waals surface area contributed by atoms with Crippen LogP contribution in [0.5, 0.6) is 0 Å². The zero-order chi connectivity index (χ0) is 27.0. The van der Waals surface area contributed by atoms with Gasteiger partial charge in [0.15, 0.2) is 0 Å². The highest BCUT2D eigenvalue weighted by molar-refractivity contribution is 7.92. The maximum Gasteiger partial charge on any atom is 0.264 e. The van der Waals surface area contributed by atoms with Crippen molar-refractivity contribution in [2.75, 3.05) is 17.4 Å². The van der Waals surface area contributed by atoms with Gasteiger partial charge in [0, 0.05) is 13.1 Å². The molecule has 0 saturated heterocycles. The fraction of sp³-hybridized carbons (Fsp3) is 0.286. The molecule has 3 aromatic rings. The lowest BCUT2D eigenvalue weighted by molar-refractivity contribution is -0.140. The Morgan fingerprint density at radius 2 is 1.54 bits per heavy atom. The van der Waals surface area contributed by atoms with Crippen molar-refractivity contribution in [3.05, 3.63) is 95.8 Å². The number of para-hydroxylation sites is 1. The van der Waals surface area contributed by atoms with E-state index in [1.165, 1.54) is 17.0 Å². The van der Waals surface area contributed by atoms with Crippen LogP contribution in [0.15, 0.2) is 83.8 Å². The molecule has 37 heavy (non-hydrogen) atoms. The first kappa shape index (κ1) is 27.9. The third kappa shape index (κ3) is 6.95. The number of carbonyl (C=O) groups excluding carboxylic acids is 2. The molecule has 1 N–H and O–H groups in total. The van der Waals surface area contributed by atoms with E-state index in [9.17, 15) is 22.4 Å². The van der Waals surface area contributed by atoms with Gasteiger partial charge in [0.05, 0.1) is 10.6 Å². The molecule has 0 bridgehead atoms. The molecule has 1 atom stereocenters. The summed E-state index contributed by atoms with van der Waals surface area (Å²) in [5.41, 5.74) is 2.15. The van der Waals surface area contributed by atoms with Gasteiger partial charge in [-0.15, -0.1) is 0 Å². The van der Waals surface area contributed by atoms with Crippen molar-refractivity contribution in [3.63, 3.8) is 0 Å². The second-order valence-electron chi connectivity index (χ2n) is 8.63. The van der Waals surface area contributed by atoms with Gasteiger partial charge in [-0.1, -0.05) is 55.0 Å². The molecule has 7 nitrogen and oxygen atoms in total. The molecule has 0 spiro atoms. The zero-order valence-corrected chi connectivity index (χ0v) is 22.0. The molecule has 0 aliphatic heterocycles. The zero-order valence-electron chi connectivity index (χ0n) is 21.2. The summed E-state index contributed by atoms with van der Waals surface area (Å²) in [5.74, 6) is -1.41. The first-order chi connectivity index (χ1) is 17.7. The first-order valence-electron chi connectivity index (χ1n) is 12.1. The van der Waals surface area contributed by atoms with E-state index in [0.717, 1.165) is 27.6 Å². The molecule has 196 valence electrons. The topological polar surface area (TPSA) is 86.8 Å². The normalized spacial score (nSPS) is 12.0. The minimum Gasteiger partial charge on any atom is -0.355 e. The van der Waals surface area contributed by atoms with Crippen LogP contribution in [0.25, 0.3) is 0 Å². The number of nitrogens with one attached hydrogen (secondary N) is 1. The number of hydrogen-bond donors (Lipinski definition) is 1. The van der Waals surface area contributed by atoms with Crippen molar-refractivity contribution in [2.24, 2.45) is 0 Å². The SMILES string of the molecule is CCNC(=O)[C@@H](CC)N(Cc1ccc(C)cc1)C(=O)CN(c1ccccc1)S(=O)(=O)c1ccc(F)cc1. The van der Waals surface area contributed by atoms with E-state index < -0.39 is 34.3 Å². The lowest BCUT2D eigenvalue weighted by Crippen LogP contribution is -2.52. The van der Waals surface area contributed by atoms with Gasteiger partial charge in [-0.2, -0.15) is 0 Å². The average Bonchev–Trinajstić information content (AvgIpc) is 2.89. The van der Waals surface area contributed by atoms with Crippen LogP contribution in [-0.4, -0.2) is 44.3 Å². The van der Waals surface area contributed by atoms with Gasteiger partial charge >= 0.3 is 0 Å². The summed E-state index contributed by atoms with van der Waals surface area (Å²) in [6.45, 7) is 5.55. The van der Waals surface area contributed by atoms with E-state index >= 15 is 0 Å².